The fraction of sp³-hybridized carbons (Fsp3) is 0.133. The van der Waals surface area contributed by atoms with Gasteiger partial charge >= 0.3 is 0 Å². The summed E-state index contributed by atoms with van der Waals surface area (Å²) >= 11 is 6.15. The van der Waals surface area contributed by atoms with E-state index in [4.69, 9.17) is 11.6 Å². The molecular formula is C15H14ClN5. The van der Waals surface area contributed by atoms with Crippen LogP contribution in [0, 0.1) is 6.92 Å². The Morgan fingerprint density at radius 1 is 1.29 bits per heavy atom. The maximum atomic E-state index is 6.15. The van der Waals surface area contributed by atoms with Gasteiger partial charge in [0, 0.05) is 17.8 Å². The van der Waals surface area contributed by atoms with Gasteiger partial charge in [-0.25, -0.2) is 14.6 Å². The molecule has 3 rings (SSSR count). The lowest BCUT2D eigenvalue weighted by atomic mass is 10.1. The van der Waals surface area contributed by atoms with Crippen LogP contribution in [0.3, 0.4) is 0 Å². The first-order valence-corrected chi connectivity index (χ1v) is 6.91. The Morgan fingerprint density at radius 3 is 2.95 bits per heavy atom. The van der Waals surface area contributed by atoms with Crippen molar-refractivity contribution in [2.75, 3.05) is 5.32 Å². The van der Waals surface area contributed by atoms with E-state index in [1.54, 1.807) is 17.2 Å². The van der Waals surface area contributed by atoms with Crippen molar-refractivity contribution < 1.29 is 0 Å². The second kappa shape index (κ2) is 5.93. The van der Waals surface area contributed by atoms with Crippen LogP contribution in [0.5, 0.6) is 0 Å². The lowest BCUT2D eigenvalue weighted by Crippen LogP contribution is -2.06. The third kappa shape index (κ3) is 3.03. The van der Waals surface area contributed by atoms with Gasteiger partial charge in [-0.2, -0.15) is 5.10 Å². The zero-order valence-electron chi connectivity index (χ0n) is 11.5. The number of benzene rings is 1. The summed E-state index contributed by atoms with van der Waals surface area (Å²) in [5.74, 6) is 0.716. The molecule has 2 heterocycles. The molecule has 0 unspecified atom stereocenters. The highest BCUT2D eigenvalue weighted by Crippen LogP contribution is 2.20. The molecule has 0 saturated carbocycles. The van der Waals surface area contributed by atoms with Crippen LogP contribution in [0.25, 0.3) is 5.82 Å². The van der Waals surface area contributed by atoms with Gasteiger partial charge in [-0.1, -0.05) is 23.7 Å². The second-order valence-corrected chi connectivity index (χ2v) is 5.06. The van der Waals surface area contributed by atoms with Gasteiger partial charge in [0.15, 0.2) is 5.82 Å². The van der Waals surface area contributed by atoms with Gasteiger partial charge in [-0.05, 0) is 36.2 Å². The maximum Gasteiger partial charge on any atom is 0.178 e. The number of nitrogens with one attached hydrogen (secondary N) is 1. The fourth-order valence-corrected chi connectivity index (χ4v) is 2.18. The largest absolute Gasteiger partial charge is 0.378 e. The van der Waals surface area contributed by atoms with Crippen LogP contribution in [0.4, 0.5) is 5.69 Å². The lowest BCUT2D eigenvalue weighted by Gasteiger charge is -2.11. The van der Waals surface area contributed by atoms with Gasteiger partial charge in [0.25, 0.3) is 0 Å². The number of halogens is 1. The summed E-state index contributed by atoms with van der Waals surface area (Å²) in [6, 6.07) is 9.88. The predicted octanol–water partition coefficient (Wildman–Crippen LogP) is 3.24. The summed E-state index contributed by atoms with van der Waals surface area (Å²) in [5, 5.41) is 8.24. The molecule has 3 aromatic rings. The monoisotopic (exact) mass is 299 g/mol. The van der Waals surface area contributed by atoms with Gasteiger partial charge in [-0.15, -0.1) is 0 Å². The number of hydrogen-bond donors (Lipinski definition) is 1. The van der Waals surface area contributed by atoms with E-state index in [0.29, 0.717) is 12.4 Å². The molecule has 0 radical (unpaired) electrons. The Hall–Kier alpha value is -2.40. The van der Waals surface area contributed by atoms with Crippen molar-refractivity contribution in [3.05, 3.63) is 65.3 Å². The van der Waals surface area contributed by atoms with E-state index in [-0.39, 0.29) is 0 Å². The van der Waals surface area contributed by atoms with E-state index in [2.05, 4.69) is 26.4 Å². The number of pyridine rings is 1. The molecule has 6 heteroatoms. The molecule has 106 valence electrons. The van der Waals surface area contributed by atoms with Crippen molar-refractivity contribution in [2.24, 2.45) is 0 Å². The van der Waals surface area contributed by atoms with E-state index in [1.807, 2.05) is 31.2 Å². The third-order valence-electron chi connectivity index (χ3n) is 3.14. The highest BCUT2D eigenvalue weighted by atomic mass is 35.5. The van der Waals surface area contributed by atoms with Crippen molar-refractivity contribution in [3.8, 4) is 5.82 Å². The summed E-state index contributed by atoms with van der Waals surface area (Å²) in [5.41, 5.74) is 3.07. The zero-order chi connectivity index (χ0) is 14.7. The molecule has 0 spiro atoms. The first kappa shape index (κ1) is 13.6. The van der Waals surface area contributed by atoms with E-state index in [1.165, 1.54) is 6.33 Å². The van der Waals surface area contributed by atoms with Crippen LogP contribution < -0.4 is 5.32 Å². The first-order valence-electron chi connectivity index (χ1n) is 6.53. The number of aromatic nitrogens is 4. The van der Waals surface area contributed by atoms with Crippen LogP contribution in [0.15, 0.2) is 49.2 Å². The average molecular weight is 300 g/mol. The molecule has 0 aliphatic carbocycles. The molecule has 21 heavy (non-hydrogen) atoms. The van der Waals surface area contributed by atoms with Crippen molar-refractivity contribution in [2.45, 2.75) is 13.5 Å². The van der Waals surface area contributed by atoms with Crippen LogP contribution in [-0.4, -0.2) is 19.7 Å². The highest BCUT2D eigenvalue weighted by Gasteiger charge is 2.06. The summed E-state index contributed by atoms with van der Waals surface area (Å²) in [6.45, 7) is 2.65. The first-order chi connectivity index (χ1) is 10.2. The molecule has 5 nitrogen and oxygen atoms in total. The van der Waals surface area contributed by atoms with Gasteiger partial charge in [0.05, 0.1) is 5.69 Å². The van der Waals surface area contributed by atoms with Crippen LogP contribution in [0.1, 0.15) is 11.1 Å². The average Bonchev–Trinajstić information content (AvgIpc) is 3.03. The maximum absolute atomic E-state index is 6.15. The fourth-order valence-electron chi connectivity index (χ4n) is 1.98. The molecule has 1 N–H and O–H groups in total. The third-order valence-corrected chi connectivity index (χ3v) is 3.55. The second-order valence-electron chi connectivity index (χ2n) is 4.65. The van der Waals surface area contributed by atoms with Crippen LogP contribution in [-0.2, 0) is 6.54 Å². The molecule has 1 aromatic carbocycles. The minimum atomic E-state index is 0.660. The predicted molar refractivity (Wildman–Crippen MR) is 82.7 cm³/mol. The SMILES string of the molecule is Cc1ccc(CNc2cccnc2-n2cncn2)cc1Cl. The summed E-state index contributed by atoms with van der Waals surface area (Å²) in [7, 11) is 0. The van der Waals surface area contributed by atoms with E-state index < -0.39 is 0 Å². The number of nitrogens with zero attached hydrogens (tertiary/aromatic N) is 4. The van der Waals surface area contributed by atoms with Crippen molar-refractivity contribution >= 4 is 17.3 Å². The highest BCUT2D eigenvalue weighted by molar-refractivity contribution is 6.31. The Balaban J connectivity index is 1.81. The Labute approximate surface area is 127 Å². The number of rotatable bonds is 4. The topological polar surface area (TPSA) is 55.6 Å². The molecule has 0 bridgehead atoms. The van der Waals surface area contributed by atoms with Crippen molar-refractivity contribution in [3.63, 3.8) is 0 Å². The molecule has 0 fully saturated rings. The molecule has 0 aliphatic heterocycles. The minimum Gasteiger partial charge on any atom is -0.378 e. The standard InChI is InChI=1S/C15H14ClN5/c1-11-4-5-12(7-13(11)16)8-19-14-3-2-6-18-15(14)21-10-17-9-20-21/h2-7,9-10,19H,8H2,1H3. The lowest BCUT2D eigenvalue weighted by molar-refractivity contribution is 0.844. The molecule has 0 amide bonds. The number of anilines is 1. The minimum absolute atomic E-state index is 0.660. The van der Waals surface area contributed by atoms with Gasteiger partial charge in [0.2, 0.25) is 0 Å². The number of hydrogen-bond acceptors (Lipinski definition) is 4. The van der Waals surface area contributed by atoms with E-state index in [9.17, 15) is 0 Å². The Kier molecular flexibility index (Phi) is 3.83. The quantitative estimate of drug-likeness (QED) is 0.803. The van der Waals surface area contributed by atoms with Crippen molar-refractivity contribution in [1.29, 1.82) is 0 Å². The number of aryl methyl sites for hydroxylation is 1. The Morgan fingerprint density at radius 2 is 2.19 bits per heavy atom. The van der Waals surface area contributed by atoms with Gasteiger partial charge in [0.1, 0.15) is 12.7 Å². The molecule has 2 aromatic heterocycles. The van der Waals surface area contributed by atoms with E-state index in [0.717, 1.165) is 21.8 Å². The van der Waals surface area contributed by atoms with E-state index >= 15 is 0 Å². The smallest absolute Gasteiger partial charge is 0.178 e. The Bertz CT molecular complexity index is 740. The normalized spacial score (nSPS) is 10.6. The molecule has 0 aliphatic rings. The molecule has 0 atom stereocenters. The van der Waals surface area contributed by atoms with Crippen molar-refractivity contribution in [1.82, 2.24) is 19.7 Å². The summed E-state index contributed by atoms with van der Waals surface area (Å²) in [4.78, 5) is 8.28. The molecular weight excluding hydrogens is 286 g/mol. The van der Waals surface area contributed by atoms with Crippen LogP contribution in [0.2, 0.25) is 5.02 Å². The molecule has 0 saturated heterocycles. The summed E-state index contributed by atoms with van der Waals surface area (Å²) in [6.07, 6.45) is 4.83. The van der Waals surface area contributed by atoms with Gasteiger partial charge < -0.3 is 5.32 Å². The summed E-state index contributed by atoms with van der Waals surface area (Å²) < 4.78 is 1.63. The zero-order valence-corrected chi connectivity index (χ0v) is 12.2. The van der Waals surface area contributed by atoms with Gasteiger partial charge in [-0.3, -0.25) is 0 Å². The van der Waals surface area contributed by atoms with Crippen LogP contribution >= 0.6 is 11.6 Å².